The summed E-state index contributed by atoms with van der Waals surface area (Å²) in [4.78, 5) is 0. The quantitative estimate of drug-likeness (QED) is 0.813. The van der Waals surface area contributed by atoms with Gasteiger partial charge in [-0.1, -0.05) is 45.0 Å². The Hall–Kier alpha value is -0.820. The first-order chi connectivity index (χ1) is 8.19. The van der Waals surface area contributed by atoms with Crippen LogP contribution in [0.3, 0.4) is 0 Å². The summed E-state index contributed by atoms with van der Waals surface area (Å²) in [6, 6.07) is 9.76. The Balaban J connectivity index is 1.72. The second-order valence-electron chi connectivity index (χ2n) is 5.72. The molecule has 1 aliphatic rings. The molecule has 0 aliphatic heterocycles. The Morgan fingerprint density at radius 1 is 1.12 bits per heavy atom. The number of nitrogens with one attached hydrogen (secondary N) is 1. The molecule has 0 amide bonds. The van der Waals surface area contributed by atoms with E-state index < -0.39 is 0 Å². The molecule has 1 aliphatic carbocycles. The Morgan fingerprint density at radius 3 is 2.24 bits per heavy atom. The van der Waals surface area contributed by atoms with E-state index in [1.807, 2.05) is 0 Å². The molecule has 17 heavy (non-hydrogen) atoms. The second kappa shape index (κ2) is 5.68. The summed E-state index contributed by atoms with van der Waals surface area (Å²) < 4.78 is 0. The minimum Gasteiger partial charge on any atom is -0.310 e. The van der Waals surface area contributed by atoms with Crippen LogP contribution in [0.5, 0.6) is 0 Å². The van der Waals surface area contributed by atoms with Crippen LogP contribution in [0, 0.1) is 11.8 Å². The van der Waals surface area contributed by atoms with E-state index >= 15 is 0 Å². The summed E-state index contributed by atoms with van der Waals surface area (Å²) in [7, 11) is 0. The highest BCUT2D eigenvalue weighted by Crippen LogP contribution is 2.33. The van der Waals surface area contributed by atoms with Gasteiger partial charge in [0.2, 0.25) is 0 Å². The van der Waals surface area contributed by atoms with Crippen molar-refractivity contribution < 1.29 is 0 Å². The average molecular weight is 231 g/mol. The highest BCUT2D eigenvalue weighted by atomic mass is 14.9. The molecule has 1 N–H and O–H groups in total. The Labute approximate surface area is 106 Å². The average Bonchev–Trinajstić information content (AvgIpc) is 2.27. The molecule has 94 valence electrons. The van der Waals surface area contributed by atoms with Gasteiger partial charge in [-0.25, -0.2) is 0 Å². The zero-order valence-corrected chi connectivity index (χ0v) is 11.4. The normalized spacial score (nSPS) is 23.8. The van der Waals surface area contributed by atoms with E-state index in [0.29, 0.717) is 0 Å². The van der Waals surface area contributed by atoms with Crippen molar-refractivity contribution in [3.63, 3.8) is 0 Å². The summed E-state index contributed by atoms with van der Waals surface area (Å²) in [6.07, 6.45) is 3.86. The van der Waals surface area contributed by atoms with Gasteiger partial charge < -0.3 is 5.32 Å². The van der Waals surface area contributed by atoms with Crippen LogP contribution in [0.25, 0.3) is 0 Å². The number of benzene rings is 1. The number of aryl methyl sites for hydroxylation is 1. The maximum Gasteiger partial charge on any atom is 0.0208 e. The lowest BCUT2D eigenvalue weighted by Crippen LogP contribution is -2.42. The molecule has 0 heterocycles. The SMILES string of the molecule is CCc1ccc(CNC2CC(C(C)C)C2)cc1. The number of hydrogen-bond acceptors (Lipinski definition) is 1. The van der Waals surface area contributed by atoms with Gasteiger partial charge in [-0.3, -0.25) is 0 Å². The zero-order chi connectivity index (χ0) is 12.3. The van der Waals surface area contributed by atoms with Crippen LogP contribution < -0.4 is 5.32 Å². The molecule has 0 spiro atoms. The van der Waals surface area contributed by atoms with Gasteiger partial charge in [-0.2, -0.15) is 0 Å². The summed E-state index contributed by atoms with van der Waals surface area (Å²) in [5.74, 6) is 1.81. The molecule has 1 fully saturated rings. The fraction of sp³-hybridized carbons (Fsp3) is 0.625. The van der Waals surface area contributed by atoms with Crippen molar-refractivity contribution in [1.29, 1.82) is 0 Å². The van der Waals surface area contributed by atoms with Crippen molar-refractivity contribution in [2.45, 2.75) is 52.6 Å². The second-order valence-corrected chi connectivity index (χ2v) is 5.72. The molecule has 1 aromatic rings. The van der Waals surface area contributed by atoms with Crippen LogP contribution in [0.2, 0.25) is 0 Å². The van der Waals surface area contributed by atoms with Gasteiger partial charge in [0.05, 0.1) is 0 Å². The molecule has 1 aromatic carbocycles. The van der Waals surface area contributed by atoms with Crippen LogP contribution in [-0.2, 0) is 13.0 Å². The predicted molar refractivity (Wildman–Crippen MR) is 74.0 cm³/mol. The van der Waals surface area contributed by atoms with E-state index in [1.54, 1.807) is 0 Å². The minimum absolute atomic E-state index is 0.758. The van der Waals surface area contributed by atoms with Crippen molar-refractivity contribution in [3.8, 4) is 0 Å². The predicted octanol–water partition coefficient (Wildman–Crippen LogP) is 3.77. The van der Waals surface area contributed by atoms with Crippen molar-refractivity contribution in [2.75, 3.05) is 0 Å². The lowest BCUT2D eigenvalue weighted by molar-refractivity contribution is 0.167. The number of hydrogen-bond donors (Lipinski definition) is 1. The summed E-state index contributed by atoms with van der Waals surface area (Å²) in [5, 5.41) is 3.66. The van der Waals surface area contributed by atoms with Crippen LogP contribution in [0.4, 0.5) is 0 Å². The monoisotopic (exact) mass is 231 g/mol. The highest BCUT2D eigenvalue weighted by Gasteiger charge is 2.30. The first kappa shape index (κ1) is 12.6. The van der Waals surface area contributed by atoms with E-state index in [0.717, 1.165) is 30.8 Å². The van der Waals surface area contributed by atoms with E-state index in [2.05, 4.69) is 50.4 Å². The van der Waals surface area contributed by atoms with Crippen molar-refractivity contribution in [1.82, 2.24) is 5.32 Å². The largest absolute Gasteiger partial charge is 0.310 e. The van der Waals surface area contributed by atoms with E-state index in [-0.39, 0.29) is 0 Å². The molecule has 1 saturated carbocycles. The molecule has 0 aromatic heterocycles. The first-order valence-corrected chi connectivity index (χ1v) is 7.00. The van der Waals surface area contributed by atoms with Crippen molar-refractivity contribution >= 4 is 0 Å². The zero-order valence-electron chi connectivity index (χ0n) is 11.4. The smallest absolute Gasteiger partial charge is 0.0208 e. The van der Waals surface area contributed by atoms with Gasteiger partial charge in [0.15, 0.2) is 0 Å². The maximum atomic E-state index is 3.66. The lowest BCUT2D eigenvalue weighted by atomic mass is 9.73. The molecular weight excluding hydrogens is 206 g/mol. The van der Waals surface area contributed by atoms with E-state index in [1.165, 1.54) is 24.0 Å². The van der Waals surface area contributed by atoms with Crippen LogP contribution in [0.1, 0.15) is 44.7 Å². The van der Waals surface area contributed by atoms with Gasteiger partial charge in [-0.05, 0) is 42.2 Å². The standard InChI is InChI=1S/C16H25N/c1-4-13-5-7-14(8-6-13)11-17-16-9-15(10-16)12(2)3/h5-8,12,15-17H,4,9-11H2,1-3H3. The van der Waals surface area contributed by atoms with E-state index in [4.69, 9.17) is 0 Å². The Kier molecular flexibility index (Phi) is 4.22. The lowest BCUT2D eigenvalue weighted by Gasteiger charge is -2.38. The minimum atomic E-state index is 0.758. The van der Waals surface area contributed by atoms with Crippen LogP contribution in [0.15, 0.2) is 24.3 Å². The Bertz CT molecular complexity index is 333. The first-order valence-electron chi connectivity index (χ1n) is 7.00. The van der Waals surface area contributed by atoms with Crippen LogP contribution >= 0.6 is 0 Å². The maximum absolute atomic E-state index is 3.66. The topological polar surface area (TPSA) is 12.0 Å². The molecule has 0 bridgehead atoms. The fourth-order valence-corrected chi connectivity index (χ4v) is 2.53. The molecular formula is C16H25N. The third-order valence-electron chi connectivity index (χ3n) is 4.14. The third kappa shape index (κ3) is 3.32. The van der Waals surface area contributed by atoms with E-state index in [9.17, 15) is 0 Å². The van der Waals surface area contributed by atoms with Gasteiger partial charge in [0.25, 0.3) is 0 Å². The van der Waals surface area contributed by atoms with Gasteiger partial charge in [0, 0.05) is 12.6 Å². The molecule has 2 rings (SSSR count). The van der Waals surface area contributed by atoms with Crippen molar-refractivity contribution in [2.24, 2.45) is 11.8 Å². The van der Waals surface area contributed by atoms with Gasteiger partial charge in [0.1, 0.15) is 0 Å². The summed E-state index contributed by atoms with van der Waals surface area (Å²) >= 11 is 0. The molecule has 0 unspecified atom stereocenters. The summed E-state index contributed by atoms with van der Waals surface area (Å²) in [6.45, 7) is 7.90. The molecule has 0 radical (unpaired) electrons. The van der Waals surface area contributed by atoms with Gasteiger partial charge >= 0.3 is 0 Å². The molecule has 1 nitrogen and oxygen atoms in total. The molecule has 1 heteroatoms. The molecule has 0 atom stereocenters. The summed E-state index contributed by atoms with van der Waals surface area (Å²) in [5.41, 5.74) is 2.84. The number of rotatable bonds is 5. The Morgan fingerprint density at radius 2 is 1.71 bits per heavy atom. The van der Waals surface area contributed by atoms with Gasteiger partial charge in [-0.15, -0.1) is 0 Å². The fourth-order valence-electron chi connectivity index (χ4n) is 2.53. The molecule has 0 saturated heterocycles. The van der Waals surface area contributed by atoms with Crippen LogP contribution in [-0.4, -0.2) is 6.04 Å². The highest BCUT2D eigenvalue weighted by molar-refractivity contribution is 5.22. The third-order valence-corrected chi connectivity index (χ3v) is 4.14. The van der Waals surface area contributed by atoms with Crippen molar-refractivity contribution in [3.05, 3.63) is 35.4 Å².